The van der Waals surface area contributed by atoms with Crippen molar-refractivity contribution in [3.63, 3.8) is 0 Å². The molecule has 2 heterocycles. The number of rotatable bonds is 4. The summed E-state index contributed by atoms with van der Waals surface area (Å²) in [6, 6.07) is 13.6. The standard InChI is InChI=1S/C24H23BrF2N4O2/c1-29(22-8-10-30(11-9-22)23-7-4-18(25)15-31(23)33)24(32)28-21-5-2-16(3-6-21)17-12-19(26)14-20(27)13-17/h2-7,12-15,22H,8-11H2,1H3,(H,28,32). The molecule has 1 aliphatic heterocycles. The first-order chi connectivity index (χ1) is 15.8. The quantitative estimate of drug-likeness (QED) is 0.384. The topological polar surface area (TPSA) is 62.5 Å². The van der Waals surface area contributed by atoms with Crippen LogP contribution in [0.1, 0.15) is 12.8 Å². The molecule has 6 nitrogen and oxygen atoms in total. The second-order valence-corrected chi connectivity index (χ2v) is 8.94. The van der Waals surface area contributed by atoms with Gasteiger partial charge in [-0.15, -0.1) is 0 Å². The first-order valence-corrected chi connectivity index (χ1v) is 11.3. The van der Waals surface area contributed by atoms with Gasteiger partial charge in [0.2, 0.25) is 0 Å². The van der Waals surface area contributed by atoms with E-state index < -0.39 is 11.6 Å². The summed E-state index contributed by atoms with van der Waals surface area (Å²) in [7, 11) is 1.76. The van der Waals surface area contributed by atoms with E-state index in [1.54, 1.807) is 42.3 Å². The van der Waals surface area contributed by atoms with Crippen molar-refractivity contribution in [3.8, 4) is 11.1 Å². The van der Waals surface area contributed by atoms with Gasteiger partial charge in [-0.1, -0.05) is 12.1 Å². The molecule has 2 amide bonds. The number of halogens is 3. The number of anilines is 2. The van der Waals surface area contributed by atoms with Crippen molar-refractivity contribution < 1.29 is 18.3 Å². The minimum absolute atomic E-state index is 0.0475. The van der Waals surface area contributed by atoms with E-state index >= 15 is 0 Å². The summed E-state index contributed by atoms with van der Waals surface area (Å²) in [5.41, 5.74) is 1.67. The molecule has 0 aliphatic carbocycles. The zero-order valence-electron chi connectivity index (χ0n) is 18.0. The van der Waals surface area contributed by atoms with E-state index in [2.05, 4.69) is 21.2 Å². The summed E-state index contributed by atoms with van der Waals surface area (Å²) in [6.07, 6.45) is 2.96. The van der Waals surface area contributed by atoms with Gasteiger partial charge in [0.1, 0.15) is 17.8 Å². The Labute approximate surface area is 199 Å². The first-order valence-electron chi connectivity index (χ1n) is 10.5. The maximum Gasteiger partial charge on any atom is 0.321 e. The third kappa shape index (κ3) is 5.42. The van der Waals surface area contributed by atoms with Crippen molar-refractivity contribution in [2.75, 3.05) is 30.4 Å². The highest BCUT2D eigenvalue weighted by atomic mass is 79.9. The van der Waals surface area contributed by atoms with Gasteiger partial charge in [-0.2, -0.15) is 0 Å². The largest absolute Gasteiger partial charge is 0.711 e. The molecule has 0 spiro atoms. The van der Waals surface area contributed by atoms with Gasteiger partial charge < -0.3 is 15.4 Å². The molecular weight excluding hydrogens is 494 g/mol. The number of amides is 2. The summed E-state index contributed by atoms with van der Waals surface area (Å²) in [6.45, 7) is 1.34. The fraction of sp³-hybridized carbons (Fsp3) is 0.250. The van der Waals surface area contributed by atoms with Crippen molar-refractivity contribution in [2.45, 2.75) is 18.9 Å². The number of carbonyl (C=O) groups excluding carboxylic acids is 1. The number of hydrogen-bond donors (Lipinski definition) is 1. The Balaban J connectivity index is 1.34. The Hall–Kier alpha value is -3.20. The number of pyridine rings is 1. The van der Waals surface area contributed by atoms with Crippen molar-refractivity contribution in [2.24, 2.45) is 0 Å². The number of piperidine rings is 1. The minimum Gasteiger partial charge on any atom is -0.711 e. The van der Waals surface area contributed by atoms with Crippen LogP contribution < -0.4 is 14.9 Å². The lowest BCUT2D eigenvalue weighted by Crippen LogP contribution is -2.49. The van der Waals surface area contributed by atoms with Gasteiger partial charge in [0.25, 0.3) is 5.82 Å². The van der Waals surface area contributed by atoms with Crippen LogP contribution in [0.4, 0.5) is 25.1 Å². The van der Waals surface area contributed by atoms with E-state index in [1.807, 2.05) is 11.0 Å². The fourth-order valence-corrected chi connectivity index (χ4v) is 4.34. The Bertz CT molecular complexity index is 1130. The Morgan fingerprint density at radius 2 is 1.70 bits per heavy atom. The van der Waals surface area contributed by atoms with E-state index in [0.717, 1.165) is 28.1 Å². The van der Waals surface area contributed by atoms with Crippen molar-refractivity contribution >= 4 is 33.5 Å². The van der Waals surface area contributed by atoms with Gasteiger partial charge in [-0.25, -0.2) is 18.3 Å². The lowest BCUT2D eigenvalue weighted by atomic mass is 10.0. The van der Waals surface area contributed by atoms with E-state index in [4.69, 9.17) is 0 Å². The molecule has 1 fully saturated rings. The maximum absolute atomic E-state index is 13.5. The average Bonchev–Trinajstić information content (AvgIpc) is 2.78. The molecule has 0 radical (unpaired) electrons. The van der Waals surface area contributed by atoms with Crippen LogP contribution in [0.5, 0.6) is 0 Å². The monoisotopic (exact) mass is 516 g/mol. The van der Waals surface area contributed by atoms with Crippen LogP contribution in [0.2, 0.25) is 0 Å². The third-order valence-electron chi connectivity index (χ3n) is 5.85. The van der Waals surface area contributed by atoms with Gasteiger partial charge in [0.15, 0.2) is 0 Å². The van der Waals surface area contributed by atoms with E-state index in [-0.39, 0.29) is 12.1 Å². The zero-order valence-corrected chi connectivity index (χ0v) is 19.6. The van der Waals surface area contributed by atoms with Gasteiger partial charge in [-0.3, -0.25) is 4.90 Å². The number of nitrogens with zero attached hydrogens (tertiary/aromatic N) is 3. The molecule has 9 heteroatoms. The van der Waals surface area contributed by atoms with Crippen LogP contribution in [0.3, 0.4) is 0 Å². The van der Waals surface area contributed by atoms with Crippen molar-refractivity contribution in [3.05, 3.63) is 82.1 Å². The van der Waals surface area contributed by atoms with Gasteiger partial charge in [0.05, 0.1) is 17.6 Å². The smallest absolute Gasteiger partial charge is 0.321 e. The summed E-state index contributed by atoms with van der Waals surface area (Å²) in [4.78, 5) is 16.4. The number of carbonyl (C=O) groups is 1. The van der Waals surface area contributed by atoms with Crippen LogP contribution in [0.15, 0.2) is 65.3 Å². The Morgan fingerprint density at radius 3 is 2.30 bits per heavy atom. The van der Waals surface area contributed by atoms with Gasteiger partial charge >= 0.3 is 6.03 Å². The molecule has 0 atom stereocenters. The molecule has 172 valence electrons. The highest BCUT2D eigenvalue weighted by molar-refractivity contribution is 9.10. The molecule has 3 aromatic rings. The zero-order chi connectivity index (χ0) is 23.5. The van der Waals surface area contributed by atoms with Crippen molar-refractivity contribution in [1.29, 1.82) is 0 Å². The summed E-state index contributed by atoms with van der Waals surface area (Å²) in [5, 5.41) is 15.0. The normalized spacial score (nSPS) is 14.2. The number of urea groups is 1. The van der Waals surface area contributed by atoms with E-state index in [9.17, 15) is 18.8 Å². The number of nitrogens with one attached hydrogen (secondary N) is 1. The maximum atomic E-state index is 13.5. The SMILES string of the molecule is CN(C(=O)Nc1ccc(-c2cc(F)cc(F)c2)cc1)C1CCN(c2ccc(Br)c[n+]2[O-])CC1. The third-order valence-corrected chi connectivity index (χ3v) is 6.32. The predicted molar refractivity (Wildman–Crippen MR) is 127 cm³/mol. The molecule has 2 aromatic carbocycles. The highest BCUT2D eigenvalue weighted by Crippen LogP contribution is 2.25. The van der Waals surface area contributed by atoms with E-state index in [0.29, 0.717) is 35.7 Å². The van der Waals surface area contributed by atoms with Crippen molar-refractivity contribution in [1.82, 2.24) is 4.90 Å². The van der Waals surface area contributed by atoms with Crippen LogP contribution in [0, 0.1) is 16.8 Å². The molecular formula is C24H23BrF2N4O2. The minimum atomic E-state index is -0.639. The van der Waals surface area contributed by atoms with Crippen LogP contribution >= 0.6 is 15.9 Å². The van der Waals surface area contributed by atoms with E-state index in [1.165, 1.54) is 18.3 Å². The first kappa shape index (κ1) is 23.0. The molecule has 1 N–H and O–H groups in total. The molecule has 0 bridgehead atoms. The summed E-state index contributed by atoms with van der Waals surface area (Å²) < 4.78 is 28.5. The van der Waals surface area contributed by atoms with Crippen LogP contribution in [-0.4, -0.2) is 37.1 Å². The van der Waals surface area contributed by atoms with Crippen LogP contribution in [0.25, 0.3) is 11.1 Å². The average molecular weight is 517 g/mol. The fourth-order valence-electron chi connectivity index (χ4n) is 4.02. The second kappa shape index (κ2) is 9.74. The number of hydrogen-bond acceptors (Lipinski definition) is 3. The lowest BCUT2D eigenvalue weighted by molar-refractivity contribution is -0.593. The van der Waals surface area contributed by atoms with Gasteiger partial charge in [-0.05, 0) is 57.4 Å². The highest BCUT2D eigenvalue weighted by Gasteiger charge is 2.30. The lowest BCUT2D eigenvalue weighted by Gasteiger charge is -2.34. The van der Waals surface area contributed by atoms with Crippen LogP contribution in [-0.2, 0) is 0 Å². The molecule has 0 unspecified atom stereocenters. The Kier molecular flexibility index (Phi) is 6.78. The second-order valence-electron chi connectivity index (χ2n) is 8.03. The summed E-state index contributed by atoms with van der Waals surface area (Å²) >= 11 is 3.29. The molecule has 1 aliphatic rings. The molecule has 33 heavy (non-hydrogen) atoms. The Morgan fingerprint density at radius 1 is 1.06 bits per heavy atom. The number of benzene rings is 2. The number of aromatic nitrogens is 1. The van der Waals surface area contributed by atoms with Gasteiger partial charge in [0, 0.05) is 43.8 Å². The molecule has 0 saturated carbocycles. The predicted octanol–water partition coefficient (Wildman–Crippen LogP) is 5.16. The molecule has 1 saturated heterocycles. The molecule has 1 aromatic heterocycles. The molecule has 4 rings (SSSR count). The summed E-state index contributed by atoms with van der Waals surface area (Å²) in [5.74, 6) is -0.678.